The molecule has 35 heavy (non-hydrogen) atoms. The summed E-state index contributed by atoms with van der Waals surface area (Å²) in [5.74, 6) is -0.695. The van der Waals surface area contributed by atoms with Crippen molar-refractivity contribution in [3.8, 4) is 11.5 Å². The first-order valence-electron chi connectivity index (χ1n) is 11.5. The molecule has 0 aliphatic heterocycles. The van der Waals surface area contributed by atoms with Crippen molar-refractivity contribution in [3.05, 3.63) is 76.4 Å². The van der Waals surface area contributed by atoms with Gasteiger partial charge in [0, 0.05) is 12.4 Å². The van der Waals surface area contributed by atoms with Crippen LogP contribution in [0, 0.1) is 20.8 Å². The summed E-state index contributed by atoms with van der Waals surface area (Å²) in [5, 5.41) is 23.9. The summed E-state index contributed by atoms with van der Waals surface area (Å²) < 4.78 is 0. The molecule has 0 aliphatic carbocycles. The van der Waals surface area contributed by atoms with Gasteiger partial charge in [0.25, 0.3) is 0 Å². The van der Waals surface area contributed by atoms with Crippen molar-refractivity contribution in [2.24, 2.45) is 4.99 Å². The summed E-state index contributed by atoms with van der Waals surface area (Å²) in [7, 11) is 0. The Morgan fingerprint density at radius 2 is 1.26 bits per heavy atom. The van der Waals surface area contributed by atoms with Crippen LogP contribution in [-0.4, -0.2) is 15.7 Å². The number of aliphatic imine (C=N–C) groups is 1. The van der Waals surface area contributed by atoms with Crippen LogP contribution in [0.25, 0.3) is 0 Å². The predicted molar refractivity (Wildman–Crippen MR) is 137 cm³/mol. The quantitative estimate of drug-likeness (QED) is 0.309. The molecule has 0 saturated carbocycles. The molecular weight excluding hydrogens is 481 g/mol. The SMILES string of the molecule is CC(=Nc1c(C)cc(C)cc1C)c1cnccn1.CC(C)(C)c1ccc(C(C)(C)C)c([O-])c1[O-].[Ni+2]. The number of aromatic nitrogens is 2. The van der Waals surface area contributed by atoms with Crippen LogP contribution in [0.1, 0.15) is 82.0 Å². The fraction of sp³-hybridized carbons (Fsp3) is 0.414. The Morgan fingerprint density at radius 3 is 1.63 bits per heavy atom. The van der Waals surface area contributed by atoms with E-state index in [4.69, 9.17) is 0 Å². The van der Waals surface area contributed by atoms with Crippen molar-refractivity contribution in [2.45, 2.75) is 80.1 Å². The molecule has 0 radical (unpaired) electrons. The molecule has 6 heteroatoms. The molecule has 2 aromatic carbocycles. The zero-order valence-electron chi connectivity index (χ0n) is 22.5. The summed E-state index contributed by atoms with van der Waals surface area (Å²) in [6, 6.07) is 7.89. The Balaban J connectivity index is 0.000000343. The fourth-order valence-electron chi connectivity index (χ4n) is 3.80. The molecule has 0 spiro atoms. The maximum atomic E-state index is 12.0. The zero-order chi connectivity index (χ0) is 25.8. The van der Waals surface area contributed by atoms with E-state index in [9.17, 15) is 10.2 Å². The van der Waals surface area contributed by atoms with Gasteiger partial charge in [-0.05, 0) is 49.7 Å². The van der Waals surface area contributed by atoms with Crippen LogP contribution in [0.3, 0.4) is 0 Å². The smallest absolute Gasteiger partial charge is 0.873 e. The molecule has 3 rings (SSSR count). The van der Waals surface area contributed by atoms with E-state index in [-0.39, 0.29) is 38.8 Å². The van der Waals surface area contributed by atoms with Crippen molar-refractivity contribution in [1.29, 1.82) is 0 Å². The van der Waals surface area contributed by atoms with Crippen molar-refractivity contribution in [3.63, 3.8) is 0 Å². The van der Waals surface area contributed by atoms with Crippen molar-refractivity contribution < 1.29 is 26.7 Å². The van der Waals surface area contributed by atoms with Crippen molar-refractivity contribution in [1.82, 2.24) is 9.97 Å². The number of benzene rings is 2. The zero-order valence-corrected chi connectivity index (χ0v) is 23.5. The van der Waals surface area contributed by atoms with Gasteiger partial charge in [-0.1, -0.05) is 82.5 Å². The molecule has 1 aromatic heterocycles. The molecule has 0 aliphatic rings. The first-order chi connectivity index (χ1) is 15.6. The van der Waals surface area contributed by atoms with Crippen LogP contribution in [0.4, 0.5) is 5.69 Å². The van der Waals surface area contributed by atoms with E-state index in [1.165, 1.54) is 16.7 Å². The Bertz CT molecular complexity index is 1110. The molecule has 0 unspecified atom stereocenters. The molecule has 0 N–H and O–H groups in total. The first-order valence-corrected chi connectivity index (χ1v) is 11.5. The Hall–Kier alpha value is -2.72. The summed E-state index contributed by atoms with van der Waals surface area (Å²) in [4.78, 5) is 13.0. The second-order valence-corrected chi connectivity index (χ2v) is 10.9. The first kappa shape index (κ1) is 30.3. The van der Waals surface area contributed by atoms with Gasteiger partial charge in [0.1, 0.15) is 5.69 Å². The summed E-state index contributed by atoms with van der Waals surface area (Å²) in [5.41, 5.74) is 7.04. The maximum Gasteiger partial charge on any atom is 2.00 e. The third-order valence-electron chi connectivity index (χ3n) is 5.58. The summed E-state index contributed by atoms with van der Waals surface area (Å²) in [6.07, 6.45) is 5.08. The Morgan fingerprint density at radius 1 is 0.800 bits per heavy atom. The molecule has 0 amide bonds. The Kier molecular flexibility index (Phi) is 10.2. The number of hydrogen-bond acceptors (Lipinski definition) is 5. The van der Waals surface area contributed by atoms with Crippen LogP contribution in [-0.2, 0) is 27.3 Å². The van der Waals surface area contributed by atoms with Gasteiger partial charge in [0.05, 0.1) is 17.6 Å². The van der Waals surface area contributed by atoms with E-state index in [1.807, 2.05) is 48.5 Å². The van der Waals surface area contributed by atoms with E-state index in [2.05, 4.69) is 47.9 Å². The standard InChI is InChI=1S/C15H17N3.C14H22O2.Ni/c1-10-7-11(2)15(12(3)8-10)18-13(4)14-9-16-5-6-17-14;1-13(2,3)9-7-8-10(14(4,5)6)12(16)11(9)15;/h5-9H,1-4H3;7-8,15-16H,1-6H3;/q;;+2/p-2. The van der Waals surface area contributed by atoms with E-state index in [1.54, 1.807) is 30.7 Å². The second kappa shape index (κ2) is 11.8. The molecule has 0 fully saturated rings. The number of rotatable bonds is 2. The number of aryl methyl sites for hydroxylation is 3. The van der Waals surface area contributed by atoms with Crippen LogP contribution in [0.5, 0.6) is 11.5 Å². The van der Waals surface area contributed by atoms with Gasteiger partial charge in [-0.15, -0.1) is 11.5 Å². The van der Waals surface area contributed by atoms with Gasteiger partial charge < -0.3 is 10.2 Å². The number of hydrogen-bond donors (Lipinski definition) is 0. The largest absolute Gasteiger partial charge is 2.00 e. The molecule has 5 nitrogen and oxygen atoms in total. The van der Waals surface area contributed by atoms with E-state index >= 15 is 0 Å². The van der Waals surface area contributed by atoms with Gasteiger partial charge in [-0.2, -0.15) is 0 Å². The third-order valence-corrected chi connectivity index (χ3v) is 5.58. The molecule has 0 saturated heterocycles. The number of nitrogens with zero attached hydrogens (tertiary/aromatic N) is 3. The van der Waals surface area contributed by atoms with Gasteiger partial charge in [0.2, 0.25) is 0 Å². The van der Waals surface area contributed by atoms with E-state index in [0.717, 1.165) is 17.1 Å². The predicted octanol–water partition coefficient (Wildman–Crippen LogP) is 5.97. The van der Waals surface area contributed by atoms with Crippen molar-refractivity contribution in [2.75, 3.05) is 0 Å². The molecule has 3 aromatic rings. The minimum atomic E-state index is -0.347. The molecular formula is C29H37N3NiO2. The van der Waals surface area contributed by atoms with Gasteiger partial charge in [-0.3, -0.25) is 15.0 Å². The minimum Gasteiger partial charge on any atom is -0.873 e. The van der Waals surface area contributed by atoms with Gasteiger partial charge in [-0.25, -0.2) is 0 Å². The second-order valence-electron chi connectivity index (χ2n) is 10.9. The van der Waals surface area contributed by atoms with E-state index < -0.39 is 0 Å². The summed E-state index contributed by atoms with van der Waals surface area (Å²) >= 11 is 0. The molecule has 190 valence electrons. The topological polar surface area (TPSA) is 84.3 Å². The normalized spacial score (nSPS) is 11.9. The van der Waals surface area contributed by atoms with Gasteiger partial charge in [0.15, 0.2) is 0 Å². The Labute approximate surface area is 220 Å². The van der Waals surface area contributed by atoms with Crippen LogP contribution >= 0.6 is 0 Å². The summed E-state index contributed by atoms with van der Waals surface area (Å²) in [6.45, 7) is 19.9. The van der Waals surface area contributed by atoms with Crippen LogP contribution < -0.4 is 10.2 Å². The minimum absolute atomic E-state index is 0. The fourth-order valence-corrected chi connectivity index (χ4v) is 3.80. The monoisotopic (exact) mass is 517 g/mol. The van der Waals surface area contributed by atoms with Gasteiger partial charge >= 0.3 is 16.5 Å². The average molecular weight is 518 g/mol. The van der Waals surface area contributed by atoms with Crippen molar-refractivity contribution >= 4 is 11.4 Å². The van der Waals surface area contributed by atoms with E-state index in [0.29, 0.717) is 11.1 Å². The van der Waals surface area contributed by atoms with Crippen LogP contribution in [0.15, 0.2) is 47.8 Å². The maximum absolute atomic E-state index is 12.0. The molecule has 1 heterocycles. The molecule has 0 atom stereocenters. The third kappa shape index (κ3) is 7.90. The average Bonchev–Trinajstić information content (AvgIpc) is 2.71. The van der Waals surface area contributed by atoms with Crippen LogP contribution in [0.2, 0.25) is 0 Å². The molecule has 0 bridgehead atoms.